The minimum Gasteiger partial charge on any atom is -0.380 e. The highest BCUT2D eigenvalue weighted by Crippen LogP contribution is 2.48. The van der Waals surface area contributed by atoms with Gasteiger partial charge < -0.3 is 19.7 Å². The third kappa shape index (κ3) is 7.91. The van der Waals surface area contributed by atoms with Crippen LogP contribution in [0.2, 0.25) is 0 Å². The first-order valence-corrected chi connectivity index (χ1v) is 20.6. The van der Waals surface area contributed by atoms with Gasteiger partial charge in [0.1, 0.15) is 5.82 Å². The van der Waals surface area contributed by atoms with Gasteiger partial charge in [0, 0.05) is 52.0 Å². The molecular formula is C33H52ClN5O6S2. The number of rotatable bonds is 10. The van der Waals surface area contributed by atoms with Crippen molar-refractivity contribution in [3.8, 4) is 0 Å². The van der Waals surface area contributed by atoms with E-state index in [0.29, 0.717) is 24.9 Å². The fraction of sp³-hybridized carbons (Fsp3) is 0.848. The summed E-state index contributed by atoms with van der Waals surface area (Å²) in [6.07, 6.45) is 7.08. The molecule has 3 saturated heterocycles. The van der Waals surface area contributed by atoms with Crippen molar-refractivity contribution in [2.45, 2.75) is 107 Å². The Hall–Kier alpha value is -1.22. The van der Waals surface area contributed by atoms with Crippen LogP contribution < -0.4 is 15.6 Å². The Morgan fingerprint density at radius 1 is 1.26 bits per heavy atom. The Kier molecular flexibility index (Phi) is 10.7. The van der Waals surface area contributed by atoms with Crippen LogP contribution in [0.4, 0.5) is 0 Å². The number of carbonyl (C=O) groups is 1. The summed E-state index contributed by atoms with van der Waals surface area (Å²) in [6, 6.07) is 0.387. The molecule has 14 heteroatoms. The molecule has 11 nitrogen and oxygen atoms in total. The maximum Gasteiger partial charge on any atom is 0.257 e. The van der Waals surface area contributed by atoms with Gasteiger partial charge in [0.05, 0.1) is 50.3 Å². The van der Waals surface area contributed by atoms with Crippen molar-refractivity contribution in [2.75, 3.05) is 45.4 Å². The average Bonchev–Trinajstić information content (AvgIpc) is 3.41. The lowest BCUT2D eigenvalue weighted by molar-refractivity contribution is -0.123. The van der Waals surface area contributed by atoms with Crippen LogP contribution in [0.3, 0.4) is 0 Å². The highest BCUT2D eigenvalue weighted by atomic mass is 35.5. The number of nitrogens with zero attached hydrogens (tertiary/aromatic N) is 3. The third-order valence-electron chi connectivity index (χ3n) is 11.2. The Morgan fingerprint density at radius 2 is 2.02 bits per heavy atom. The maximum absolute atomic E-state index is 13.9. The summed E-state index contributed by atoms with van der Waals surface area (Å²) < 4.78 is 39.7. The number of fused-ring (bicyclic) bond motifs is 2. The topological polar surface area (TPSA) is 132 Å². The molecule has 1 saturated carbocycles. The number of aromatic nitrogens is 2. The lowest BCUT2D eigenvalue weighted by Crippen LogP contribution is -2.58. The zero-order valence-electron chi connectivity index (χ0n) is 28.4. The number of likely N-dealkylation sites (N-methyl/N-ethyl adjacent to an activating group) is 1. The van der Waals surface area contributed by atoms with E-state index in [2.05, 4.69) is 35.8 Å². The number of aryl methyl sites for hydroxylation is 2. The van der Waals surface area contributed by atoms with E-state index in [0.717, 1.165) is 88.0 Å². The van der Waals surface area contributed by atoms with Crippen molar-refractivity contribution >= 4 is 39.3 Å². The zero-order chi connectivity index (χ0) is 33.7. The number of hydrogen-bond donors (Lipinski definition) is 2. The molecule has 0 spiro atoms. The molecule has 1 aromatic rings. The summed E-state index contributed by atoms with van der Waals surface area (Å²) in [7, 11) is -1.46. The van der Waals surface area contributed by atoms with Gasteiger partial charge in [-0.3, -0.25) is 18.9 Å². The molecule has 9 atom stereocenters. The number of halogens is 1. The second kappa shape index (κ2) is 14.2. The molecule has 264 valence electrons. The molecule has 5 aliphatic rings. The molecule has 0 bridgehead atoms. The normalized spacial score (nSPS) is 35.2. The molecule has 2 aliphatic carbocycles. The average molecular weight is 714 g/mol. The van der Waals surface area contributed by atoms with Gasteiger partial charge in [-0.15, -0.1) is 11.6 Å². The number of ether oxygens (including phenoxy) is 2. The molecule has 1 aromatic heterocycles. The van der Waals surface area contributed by atoms with E-state index >= 15 is 0 Å². The van der Waals surface area contributed by atoms with Crippen LogP contribution in [0, 0.1) is 30.1 Å². The Bertz CT molecular complexity index is 1490. The number of piperidine rings is 1. The molecule has 1 amide bonds. The lowest BCUT2D eigenvalue weighted by atomic mass is 9.70. The molecule has 4 heterocycles. The Morgan fingerprint density at radius 3 is 2.72 bits per heavy atom. The van der Waals surface area contributed by atoms with Crippen molar-refractivity contribution in [3.05, 3.63) is 27.4 Å². The van der Waals surface area contributed by atoms with Gasteiger partial charge in [-0.1, -0.05) is 6.92 Å². The van der Waals surface area contributed by atoms with Crippen LogP contribution in [0.15, 0.2) is 4.79 Å². The number of nitrogens with one attached hydrogen (secondary N) is 2. The van der Waals surface area contributed by atoms with Crippen molar-refractivity contribution in [1.29, 1.82) is 0 Å². The van der Waals surface area contributed by atoms with Crippen molar-refractivity contribution in [1.82, 2.24) is 24.5 Å². The van der Waals surface area contributed by atoms with E-state index in [1.165, 1.54) is 0 Å². The van der Waals surface area contributed by atoms with E-state index in [4.69, 9.17) is 26.1 Å². The molecule has 3 aliphatic heterocycles. The summed E-state index contributed by atoms with van der Waals surface area (Å²) in [5.41, 5.74) is 2.04. The quantitative estimate of drug-likeness (QED) is 0.349. The number of alkyl halides is 1. The van der Waals surface area contributed by atoms with Gasteiger partial charge in [-0.05, 0) is 77.7 Å². The molecule has 47 heavy (non-hydrogen) atoms. The van der Waals surface area contributed by atoms with Crippen LogP contribution >= 0.6 is 23.4 Å². The van der Waals surface area contributed by atoms with Gasteiger partial charge in [0.15, 0.2) is 0 Å². The minimum absolute atomic E-state index is 0.00178. The summed E-state index contributed by atoms with van der Waals surface area (Å²) in [5.74, 6) is 0.959. The SMILES string of the molecule is Cc1nc2c(c(=O)n1CCOC1CCC(Cl)CC1C1CC(C)NC3C(C(=O)NS(C)(=O)=O)CSC13)C[C@@H](N(C)CC1(C)COC1)CC2. The van der Waals surface area contributed by atoms with E-state index in [9.17, 15) is 18.0 Å². The van der Waals surface area contributed by atoms with Gasteiger partial charge in [-0.2, -0.15) is 11.8 Å². The molecule has 0 radical (unpaired) electrons. The van der Waals surface area contributed by atoms with Crippen molar-refractivity contribution in [3.63, 3.8) is 0 Å². The summed E-state index contributed by atoms with van der Waals surface area (Å²) in [6.45, 7) is 9.73. The monoisotopic (exact) mass is 713 g/mol. The Balaban J connectivity index is 1.12. The highest BCUT2D eigenvalue weighted by molar-refractivity contribution is 8.00. The van der Waals surface area contributed by atoms with Crippen LogP contribution in [-0.4, -0.2) is 109 Å². The number of amides is 1. The highest BCUT2D eigenvalue weighted by Gasteiger charge is 2.52. The van der Waals surface area contributed by atoms with Crippen molar-refractivity contribution in [2.24, 2.45) is 23.2 Å². The second-order valence-electron chi connectivity index (χ2n) is 15.3. The first-order valence-electron chi connectivity index (χ1n) is 17.2. The summed E-state index contributed by atoms with van der Waals surface area (Å²) in [5, 5.41) is 3.85. The first-order chi connectivity index (χ1) is 22.2. The first kappa shape index (κ1) is 35.6. The van der Waals surface area contributed by atoms with Crippen LogP contribution in [0.5, 0.6) is 0 Å². The Labute approximate surface area is 288 Å². The number of thioether (sulfide) groups is 1. The predicted octanol–water partition coefficient (Wildman–Crippen LogP) is 2.34. The number of hydrogen-bond acceptors (Lipinski definition) is 10. The summed E-state index contributed by atoms with van der Waals surface area (Å²) in [4.78, 5) is 34.1. The van der Waals surface area contributed by atoms with E-state index in [1.54, 1.807) is 16.3 Å². The lowest BCUT2D eigenvalue weighted by Gasteiger charge is -2.47. The van der Waals surface area contributed by atoms with E-state index in [-0.39, 0.29) is 51.6 Å². The van der Waals surface area contributed by atoms with E-state index < -0.39 is 21.8 Å². The molecule has 0 aromatic carbocycles. The molecule has 2 N–H and O–H groups in total. The van der Waals surface area contributed by atoms with Gasteiger partial charge >= 0.3 is 0 Å². The van der Waals surface area contributed by atoms with Crippen LogP contribution in [0.25, 0.3) is 0 Å². The number of sulfonamides is 1. The second-order valence-corrected chi connectivity index (χ2v) is 18.9. The van der Waals surface area contributed by atoms with Gasteiger partial charge in [0.2, 0.25) is 15.9 Å². The molecule has 4 fully saturated rings. The largest absolute Gasteiger partial charge is 0.380 e. The van der Waals surface area contributed by atoms with E-state index in [1.807, 2.05) is 6.92 Å². The van der Waals surface area contributed by atoms with Gasteiger partial charge in [-0.25, -0.2) is 13.4 Å². The van der Waals surface area contributed by atoms with Gasteiger partial charge in [0.25, 0.3) is 5.56 Å². The van der Waals surface area contributed by atoms with Crippen molar-refractivity contribution < 1.29 is 22.7 Å². The molecular weight excluding hydrogens is 662 g/mol. The minimum atomic E-state index is -3.63. The van der Waals surface area contributed by atoms with Crippen LogP contribution in [-0.2, 0) is 43.7 Å². The number of carbonyl (C=O) groups excluding carboxylic acids is 1. The molecule has 8 unspecified atom stereocenters. The summed E-state index contributed by atoms with van der Waals surface area (Å²) >= 11 is 8.54. The fourth-order valence-corrected chi connectivity index (χ4v) is 11.6. The predicted molar refractivity (Wildman–Crippen MR) is 185 cm³/mol. The fourth-order valence-electron chi connectivity index (χ4n) is 8.91. The zero-order valence-corrected chi connectivity index (χ0v) is 30.8. The standard InChI is InChI=1S/C33H52ClN5O6S2/c1-19-12-24(30-29(35-19)26(15-46-30)31(40)37-47(5,42)43)23-13-21(34)6-9-28(23)45-11-10-39-20(2)36-27-8-7-22(14-25(27)32(39)41)38(4)16-33(3)17-44-18-33/h19,21-24,26,28-30,35H,6-18H2,1-5H3,(H,37,40)/t19?,21?,22-,23?,24?,26?,28?,29?,30?/m0/s1. The van der Waals surface area contributed by atoms with Crippen LogP contribution in [0.1, 0.15) is 63.0 Å². The smallest absolute Gasteiger partial charge is 0.257 e. The third-order valence-corrected chi connectivity index (χ3v) is 13.8. The molecule has 6 rings (SSSR count). The maximum atomic E-state index is 13.9.